The quantitative estimate of drug-likeness (QED) is 0.608. The van der Waals surface area contributed by atoms with Gasteiger partial charge in [-0.2, -0.15) is 0 Å². The number of fused-ring (bicyclic) bond motifs is 2. The predicted octanol–water partition coefficient (Wildman–Crippen LogP) is 2.03. The van der Waals surface area contributed by atoms with Crippen molar-refractivity contribution in [2.75, 3.05) is 26.2 Å². The summed E-state index contributed by atoms with van der Waals surface area (Å²) in [6.07, 6.45) is 3.78. The number of carbonyl (C=O) groups is 3. The lowest BCUT2D eigenvalue weighted by Gasteiger charge is -2.28. The lowest BCUT2D eigenvalue weighted by molar-refractivity contribution is -0.129. The molecule has 33 heavy (non-hydrogen) atoms. The molecule has 1 fully saturated rings. The standard InChI is InChI=1S/C26H30N4O3/c31-23(27-13-5-14-29-15-12-18-6-1-2-7-19(18)17-29)16-28-25(32)24-21-8-3-4-9-22(21)26(33)30(24)20-10-11-20/h1-4,6-9,20,24H,5,10-17H2,(H,27,31)(H,28,32). The average molecular weight is 447 g/mol. The molecule has 0 radical (unpaired) electrons. The molecule has 2 N–H and O–H groups in total. The first-order valence-electron chi connectivity index (χ1n) is 11.9. The molecule has 1 aliphatic carbocycles. The minimum Gasteiger partial charge on any atom is -0.355 e. The highest BCUT2D eigenvalue weighted by Gasteiger charge is 2.47. The van der Waals surface area contributed by atoms with E-state index in [1.54, 1.807) is 11.0 Å². The zero-order chi connectivity index (χ0) is 22.8. The van der Waals surface area contributed by atoms with Gasteiger partial charge in [-0.25, -0.2) is 0 Å². The fourth-order valence-corrected chi connectivity index (χ4v) is 4.94. The van der Waals surface area contributed by atoms with Crippen LogP contribution in [0.3, 0.4) is 0 Å². The summed E-state index contributed by atoms with van der Waals surface area (Å²) in [6, 6.07) is 15.3. The Bertz CT molecular complexity index is 1070. The number of benzene rings is 2. The monoisotopic (exact) mass is 446 g/mol. The molecule has 0 saturated heterocycles. The molecule has 2 heterocycles. The van der Waals surface area contributed by atoms with E-state index in [4.69, 9.17) is 0 Å². The minimum atomic E-state index is -0.643. The van der Waals surface area contributed by atoms with Crippen LogP contribution < -0.4 is 10.6 Å². The van der Waals surface area contributed by atoms with Gasteiger partial charge >= 0.3 is 0 Å². The Morgan fingerprint density at radius 2 is 1.73 bits per heavy atom. The Kier molecular flexibility index (Phi) is 6.13. The maximum atomic E-state index is 12.9. The Hall–Kier alpha value is -3.19. The van der Waals surface area contributed by atoms with Crippen LogP contribution in [0.25, 0.3) is 0 Å². The number of amides is 3. The van der Waals surface area contributed by atoms with Gasteiger partial charge in [-0.1, -0.05) is 42.5 Å². The van der Waals surface area contributed by atoms with Crippen molar-refractivity contribution in [3.63, 3.8) is 0 Å². The average Bonchev–Trinajstić information content (AvgIpc) is 3.64. The largest absolute Gasteiger partial charge is 0.355 e. The summed E-state index contributed by atoms with van der Waals surface area (Å²) in [7, 11) is 0. The van der Waals surface area contributed by atoms with Crippen molar-refractivity contribution in [3.05, 3.63) is 70.8 Å². The highest BCUT2D eigenvalue weighted by atomic mass is 16.2. The fraction of sp³-hybridized carbons (Fsp3) is 0.423. The van der Waals surface area contributed by atoms with Crippen molar-refractivity contribution in [2.24, 2.45) is 0 Å². The summed E-state index contributed by atoms with van der Waals surface area (Å²) in [5.74, 6) is -0.580. The number of carbonyl (C=O) groups excluding carboxylic acids is 3. The molecule has 7 nitrogen and oxygen atoms in total. The fourth-order valence-electron chi connectivity index (χ4n) is 4.94. The van der Waals surface area contributed by atoms with Crippen molar-refractivity contribution < 1.29 is 14.4 Å². The van der Waals surface area contributed by atoms with Crippen LogP contribution in [0.2, 0.25) is 0 Å². The molecule has 3 amide bonds. The van der Waals surface area contributed by atoms with Crippen molar-refractivity contribution in [3.8, 4) is 0 Å². The van der Waals surface area contributed by atoms with Crippen LogP contribution in [0, 0.1) is 0 Å². The van der Waals surface area contributed by atoms with Gasteiger partial charge in [0.25, 0.3) is 5.91 Å². The number of hydrogen-bond acceptors (Lipinski definition) is 4. The van der Waals surface area contributed by atoms with Crippen molar-refractivity contribution in [2.45, 2.75) is 44.3 Å². The van der Waals surface area contributed by atoms with Crippen LogP contribution in [-0.2, 0) is 22.6 Å². The van der Waals surface area contributed by atoms with Gasteiger partial charge in [0.2, 0.25) is 11.8 Å². The molecule has 172 valence electrons. The molecule has 2 aliphatic heterocycles. The van der Waals surface area contributed by atoms with Gasteiger partial charge in [0.1, 0.15) is 6.04 Å². The number of hydrogen-bond donors (Lipinski definition) is 2. The minimum absolute atomic E-state index is 0.0821. The van der Waals surface area contributed by atoms with Gasteiger partial charge in [0.15, 0.2) is 0 Å². The van der Waals surface area contributed by atoms with Crippen LogP contribution in [0.5, 0.6) is 0 Å². The zero-order valence-electron chi connectivity index (χ0n) is 18.8. The van der Waals surface area contributed by atoms with Gasteiger partial charge in [-0.3, -0.25) is 19.3 Å². The van der Waals surface area contributed by atoms with E-state index >= 15 is 0 Å². The SMILES string of the molecule is O=C(CNC(=O)C1c2ccccc2C(=O)N1C1CC1)NCCCN1CCc2ccccc2C1. The van der Waals surface area contributed by atoms with Crippen LogP contribution in [0.1, 0.15) is 52.4 Å². The Morgan fingerprint density at radius 1 is 0.970 bits per heavy atom. The van der Waals surface area contributed by atoms with Crippen LogP contribution >= 0.6 is 0 Å². The van der Waals surface area contributed by atoms with E-state index in [9.17, 15) is 14.4 Å². The Balaban J connectivity index is 1.06. The first-order chi connectivity index (χ1) is 16.1. The molecule has 0 bridgehead atoms. The normalized spacial score (nSPS) is 19.7. The smallest absolute Gasteiger partial charge is 0.255 e. The van der Waals surface area contributed by atoms with Gasteiger partial charge in [0.05, 0.1) is 6.54 Å². The number of nitrogens with zero attached hydrogens (tertiary/aromatic N) is 2. The van der Waals surface area contributed by atoms with Gasteiger partial charge < -0.3 is 15.5 Å². The number of nitrogens with one attached hydrogen (secondary N) is 2. The summed E-state index contributed by atoms with van der Waals surface area (Å²) in [5.41, 5.74) is 4.15. The third-order valence-corrected chi connectivity index (χ3v) is 6.79. The summed E-state index contributed by atoms with van der Waals surface area (Å²) >= 11 is 0. The summed E-state index contributed by atoms with van der Waals surface area (Å²) in [4.78, 5) is 42.1. The van der Waals surface area contributed by atoms with E-state index in [1.807, 2.05) is 18.2 Å². The predicted molar refractivity (Wildman–Crippen MR) is 124 cm³/mol. The third kappa shape index (κ3) is 4.64. The topological polar surface area (TPSA) is 81.8 Å². The summed E-state index contributed by atoms with van der Waals surface area (Å²) in [6.45, 7) is 3.42. The lowest BCUT2D eigenvalue weighted by atomic mass is 10.00. The maximum absolute atomic E-state index is 12.9. The number of rotatable bonds is 8. The maximum Gasteiger partial charge on any atom is 0.255 e. The molecule has 3 aliphatic rings. The van der Waals surface area contributed by atoms with E-state index in [-0.39, 0.29) is 30.3 Å². The highest BCUT2D eigenvalue weighted by molar-refractivity contribution is 6.05. The lowest BCUT2D eigenvalue weighted by Crippen LogP contribution is -2.44. The van der Waals surface area contributed by atoms with Gasteiger partial charge in [0, 0.05) is 37.8 Å². The second-order valence-electron chi connectivity index (χ2n) is 9.15. The first-order valence-corrected chi connectivity index (χ1v) is 11.9. The van der Waals surface area contributed by atoms with E-state index in [2.05, 4.69) is 39.8 Å². The van der Waals surface area contributed by atoms with E-state index in [0.717, 1.165) is 50.9 Å². The van der Waals surface area contributed by atoms with E-state index in [0.29, 0.717) is 12.1 Å². The second-order valence-corrected chi connectivity index (χ2v) is 9.15. The molecule has 5 rings (SSSR count). The summed E-state index contributed by atoms with van der Waals surface area (Å²) in [5, 5.41) is 5.65. The molecular weight excluding hydrogens is 416 g/mol. The first kappa shape index (κ1) is 21.6. The molecule has 0 spiro atoms. The van der Waals surface area contributed by atoms with Crippen molar-refractivity contribution in [1.29, 1.82) is 0 Å². The molecule has 0 aromatic heterocycles. The Morgan fingerprint density at radius 3 is 2.55 bits per heavy atom. The van der Waals surface area contributed by atoms with Crippen LogP contribution in [0.4, 0.5) is 0 Å². The van der Waals surface area contributed by atoms with Crippen molar-refractivity contribution in [1.82, 2.24) is 20.4 Å². The highest BCUT2D eigenvalue weighted by Crippen LogP contribution is 2.41. The van der Waals surface area contributed by atoms with E-state index in [1.165, 1.54) is 11.1 Å². The molecule has 2 aromatic rings. The van der Waals surface area contributed by atoms with Gasteiger partial charge in [-0.15, -0.1) is 0 Å². The zero-order valence-corrected chi connectivity index (χ0v) is 18.8. The summed E-state index contributed by atoms with van der Waals surface area (Å²) < 4.78 is 0. The molecular formula is C26H30N4O3. The molecule has 2 aromatic carbocycles. The third-order valence-electron chi connectivity index (χ3n) is 6.79. The molecule has 1 saturated carbocycles. The van der Waals surface area contributed by atoms with Crippen LogP contribution in [-0.4, -0.2) is 59.7 Å². The molecule has 7 heteroatoms. The second kappa shape index (κ2) is 9.35. The molecule has 1 unspecified atom stereocenters. The molecule has 1 atom stereocenters. The van der Waals surface area contributed by atoms with Gasteiger partial charge in [-0.05, 0) is 48.4 Å². The van der Waals surface area contributed by atoms with Crippen molar-refractivity contribution >= 4 is 17.7 Å². The Labute approximate surface area is 194 Å². The van der Waals surface area contributed by atoms with E-state index < -0.39 is 6.04 Å². The van der Waals surface area contributed by atoms with Crippen LogP contribution in [0.15, 0.2) is 48.5 Å².